The second-order valence-electron chi connectivity index (χ2n) is 6.04. The topological polar surface area (TPSA) is 57.4 Å². The predicted octanol–water partition coefficient (Wildman–Crippen LogP) is 4.39. The molecule has 1 aliphatic rings. The molecule has 3 aromatic heterocycles. The van der Waals surface area contributed by atoms with Gasteiger partial charge in [-0.25, -0.2) is 4.98 Å². The van der Waals surface area contributed by atoms with E-state index in [1.165, 1.54) is 55.0 Å². The van der Waals surface area contributed by atoms with Crippen molar-refractivity contribution in [2.75, 3.05) is 0 Å². The van der Waals surface area contributed by atoms with Gasteiger partial charge in [-0.05, 0) is 30.4 Å². The first-order valence-corrected chi connectivity index (χ1v) is 7.88. The third kappa shape index (κ3) is 2.35. The van der Waals surface area contributed by atoms with Crippen molar-refractivity contribution in [2.45, 2.75) is 44.4 Å². The minimum Gasteiger partial charge on any atom is -0.346 e. The summed E-state index contributed by atoms with van der Waals surface area (Å²) < 4.78 is 0. The Morgan fingerprint density at radius 2 is 1.86 bits per heavy atom. The lowest BCUT2D eigenvalue weighted by atomic mass is 9.92. The maximum absolute atomic E-state index is 4.63. The third-order valence-corrected chi connectivity index (χ3v) is 4.69. The van der Waals surface area contributed by atoms with E-state index in [9.17, 15) is 0 Å². The number of aromatic amines is 2. The number of hydrogen-bond donors (Lipinski definition) is 2. The fraction of sp³-hybridized carbons (Fsp3) is 0.412. The van der Waals surface area contributed by atoms with Crippen LogP contribution in [0.5, 0.6) is 0 Å². The maximum Gasteiger partial charge on any atom is 0.137 e. The van der Waals surface area contributed by atoms with E-state index in [0.717, 1.165) is 11.2 Å². The summed E-state index contributed by atoms with van der Waals surface area (Å²) in [4.78, 5) is 7.90. The zero-order valence-electron chi connectivity index (χ0n) is 12.1. The Labute approximate surface area is 124 Å². The Morgan fingerprint density at radius 1 is 1.00 bits per heavy atom. The van der Waals surface area contributed by atoms with Gasteiger partial charge in [0.05, 0.1) is 6.20 Å². The predicted molar refractivity (Wildman–Crippen MR) is 84.1 cm³/mol. The van der Waals surface area contributed by atoms with Gasteiger partial charge in [-0.2, -0.15) is 5.10 Å². The van der Waals surface area contributed by atoms with Gasteiger partial charge in [-0.1, -0.05) is 25.7 Å². The zero-order chi connectivity index (χ0) is 14.1. The molecule has 3 aromatic rings. The third-order valence-electron chi connectivity index (χ3n) is 4.69. The Hall–Kier alpha value is -2.10. The van der Waals surface area contributed by atoms with Gasteiger partial charge in [0.1, 0.15) is 5.65 Å². The molecule has 0 saturated heterocycles. The van der Waals surface area contributed by atoms with Crippen molar-refractivity contribution in [1.82, 2.24) is 20.2 Å². The highest BCUT2D eigenvalue weighted by atomic mass is 15.1. The van der Waals surface area contributed by atoms with Crippen LogP contribution in [0, 0.1) is 0 Å². The Bertz CT molecular complexity index is 718. The molecule has 21 heavy (non-hydrogen) atoms. The molecule has 0 amide bonds. The fourth-order valence-corrected chi connectivity index (χ4v) is 3.49. The molecule has 4 rings (SSSR count). The summed E-state index contributed by atoms with van der Waals surface area (Å²) in [5, 5.41) is 8.14. The van der Waals surface area contributed by atoms with Crippen LogP contribution in [0.3, 0.4) is 0 Å². The summed E-state index contributed by atoms with van der Waals surface area (Å²) in [6.45, 7) is 0. The first kappa shape index (κ1) is 12.6. The van der Waals surface area contributed by atoms with Gasteiger partial charge in [0.2, 0.25) is 0 Å². The number of hydrogen-bond acceptors (Lipinski definition) is 2. The average Bonchev–Trinajstić information content (AvgIpc) is 3.09. The number of nitrogens with zero attached hydrogens (tertiary/aromatic N) is 2. The molecule has 0 bridgehead atoms. The molecule has 0 unspecified atom stereocenters. The number of rotatable bonds is 2. The molecule has 0 aliphatic heterocycles. The van der Waals surface area contributed by atoms with Crippen LogP contribution in [0.15, 0.2) is 30.9 Å². The Balaban J connectivity index is 1.76. The van der Waals surface area contributed by atoms with Gasteiger partial charge in [-0.3, -0.25) is 5.10 Å². The summed E-state index contributed by atoms with van der Waals surface area (Å²) in [6.07, 6.45) is 16.0. The molecular formula is C17H20N4. The first-order valence-electron chi connectivity index (χ1n) is 7.88. The Kier molecular flexibility index (Phi) is 3.22. The maximum atomic E-state index is 4.63. The van der Waals surface area contributed by atoms with E-state index < -0.39 is 0 Å². The molecular weight excluding hydrogens is 260 g/mol. The number of fused-ring (bicyclic) bond motifs is 1. The van der Waals surface area contributed by atoms with Crippen LogP contribution >= 0.6 is 0 Å². The van der Waals surface area contributed by atoms with E-state index >= 15 is 0 Å². The van der Waals surface area contributed by atoms with Crippen molar-refractivity contribution in [2.24, 2.45) is 0 Å². The van der Waals surface area contributed by atoms with Crippen LogP contribution < -0.4 is 0 Å². The molecule has 0 atom stereocenters. The van der Waals surface area contributed by atoms with E-state index in [4.69, 9.17) is 0 Å². The lowest BCUT2D eigenvalue weighted by molar-refractivity contribution is 0.591. The van der Waals surface area contributed by atoms with Crippen LogP contribution in [0.2, 0.25) is 0 Å². The van der Waals surface area contributed by atoms with Crippen molar-refractivity contribution in [3.8, 4) is 11.1 Å². The van der Waals surface area contributed by atoms with Crippen LogP contribution in [0.1, 0.15) is 50.0 Å². The van der Waals surface area contributed by atoms with E-state index in [2.05, 4.69) is 32.4 Å². The van der Waals surface area contributed by atoms with E-state index in [-0.39, 0.29) is 0 Å². The molecule has 108 valence electrons. The van der Waals surface area contributed by atoms with Gasteiger partial charge in [0.15, 0.2) is 0 Å². The van der Waals surface area contributed by atoms with Crippen molar-refractivity contribution >= 4 is 11.0 Å². The first-order chi connectivity index (χ1) is 10.4. The molecule has 1 fully saturated rings. The van der Waals surface area contributed by atoms with Gasteiger partial charge in [-0.15, -0.1) is 0 Å². The van der Waals surface area contributed by atoms with Gasteiger partial charge < -0.3 is 4.98 Å². The molecule has 1 aliphatic carbocycles. The summed E-state index contributed by atoms with van der Waals surface area (Å²) in [6, 6.07) is 2.33. The zero-order valence-corrected chi connectivity index (χ0v) is 12.1. The number of H-pyrrole nitrogens is 2. The quantitative estimate of drug-likeness (QED) is 0.684. The van der Waals surface area contributed by atoms with Crippen LogP contribution in [0.25, 0.3) is 22.2 Å². The normalized spacial score (nSPS) is 17.1. The molecule has 0 radical (unpaired) electrons. The molecule has 2 N–H and O–H groups in total. The van der Waals surface area contributed by atoms with Crippen molar-refractivity contribution < 1.29 is 0 Å². The van der Waals surface area contributed by atoms with Gasteiger partial charge >= 0.3 is 0 Å². The fourth-order valence-electron chi connectivity index (χ4n) is 3.49. The monoisotopic (exact) mass is 280 g/mol. The van der Waals surface area contributed by atoms with E-state index in [0.29, 0.717) is 5.92 Å². The van der Waals surface area contributed by atoms with Gasteiger partial charge in [0, 0.05) is 35.1 Å². The highest BCUT2D eigenvalue weighted by molar-refractivity contribution is 5.93. The van der Waals surface area contributed by atoms with Crippen LogP contribution in [0.4, 0.5) is 0 Å². The highest BCUT2D eigenvalue weighted by Crippen LogP contribution is 2.34. The number of pyridine rings is 1. The second-order valence-corrected chi connectivity index (χ2v) is 6.04. The largest absolute Gasteiger partial charge is 0.346 e. The molecule has 3 heterocycles. The molecule has 0 spiro atoms. The summed E-state index contributed by atoms with van der Waals surface area (Å²) in [7, 11) is 0. The average molecular weight is 280 g/mol. The Morgan fingerprint density at radius 3 is 2.62 bits per heavy atom. The summed E-state index contributed by atoms with van der Waals surface area (Å²) >= 11 is 0. The highest BCUT2D eigenvalue weighted by Gasteiger charge is 2.16. The van der Waals surface area contributed by atoms with E-state index in [1.807, 2.05) is 18.6 Å². The van der Waals surface area contributed by atoms with Gasteiger partial charge in [0.25, 0.3) is 0 Å². The lowest BCUT2D eigenvalue weighted by Crippen LogP contribution is -1.98. The van der Waals surface area contributed by atoms with Crippen molar-refractivity contribution in [3.63, 3.8) is 0 Å². The van der Waals surface area contributed by atoms with Crippen molar-refractivity contribution in [3.05, 3.63) is 36.4 Å². The van der Waals surface area contributed by atoms with Crippen LogP contribution in [-0.2, 0) is 0 Å². The SMILES string of the molecule is c1n[nH]cc1-c1c[nH]c2ncc(C3CCCCCC3)cc12. The van der Waals surface area contributed by atoms with E-state index in [1.54, 1.807) is 0 Å². The molecule has 0 aromatic carbocycles. The number of nitrogens with one attached hydrogen (secondary N) is 2. The molecule has 4 heteroatoms. The summed E-state index contributed by atoms with van der Waals surface area (Å²) in [5.41, 5.74) is 4.65. The minimum absolute atomic E-state index is 0.677. The summed E-state index contributed by atoms with van der Waals surface area (Å²) in [5.74, 6) is 0.677. The lowest BCUT2D eigenvalue weighted by Gasteiger charge is -2.14. The number of aromatic nitrogens is 4. The van der Waals surface area contributed by atoms with Crippen LogP contribution in [-0.4, -0.2) is 20.2 Å². The second kappa shape index (κ2) is 5.35. The standard InChI is InChI=1S/C17H20N4/c1-2-4-6-12(5-3-1)13-7-15-16(14-9-20-21-10-14)11-19-17(15)18-8-13/h7-12H,1-6H2,(H,18,19)(H,20,21). The smallest absolute Gasteiger partial charge is 0.137 e. The molecule has 1 saturated carbocycles. The molecule has 4 nitrogen and oxygen atoms in total. The minimum atomic E-state index is 0.677. The van der Waals surface area contributed by atoms with Crippen molar-refractivity contribution in [1.29, 1.82) is 0 Å².